The first-order valence-corrected chi connectivity index (χ1v) is 33.0. The van der Waals surface area contributed by atoms with E-state index in [9.17, 15) is 117 Å². The number of amides is 1. The van der Waals surface area contributed by atoms with Crippen LogP contribution in [0.25, 0.3) is 0 Å². The molecule has 7 rings (SSSR count). The summed E-state index contributed by atoms with van der Waals surface area (Å²) in [5.74, 6) is -0.653. The summed E-state index contributed by atoms with van der Waals surface area (Å²) in [6.45, 7) is -3.93. The predicted molar refractivity (Wildman–Crippen MR) is 350 cm³/mol. The molecule has 0 radical (unpaired) electrons. The molecule has 7 aliphatic rings. The number of thiocarbonyl (C=S) groups is 6. The molecule has 0 aromatic rings. The van der Waals surface area contributed by atoms with Crippen LogP contribution in [0.1, 0.15) is 6.92 Å². The summed E-state index contributed by atoms with van der Waals surface area (Å²) in [5.41, 5.74) is 0. The molecule has 0 aromatic heterocycles. The van der Waals surface area contributed by atoms with Crippen LogP contribution in [0.5, 0.6) is 0 Å². The molecule has 7 saturated heterocycles. The lowest BCUT2D eigenvalue weighted by atomic mass is 9.94. The second-order valence-corrected chi connectivity index (χ2v) is 26.4. The summed E-state index contributed by atoms with van der Waals surface area (Å²) in [5, 5.41) is 267. The van der Waals surface area contributed by atoms with E-state index < -0.39 is 287 Å². The number of aliphatic hydroxyl groups excluding tert-OH is 22. The first kappa shape index (κ1) is 82.7. The molecule has 1 amide bonds. The molecule has 7 heterocycles. The van der Waals surface area contributed by atoms with Crippen LogP contribution in [0, 0.1) is 0 Å². The highest BCUT2D eigenvalue weighted by molar-refractivity contribution is 7.81. The van der Waals surface area contributed by atoms with Gasteiger partial charge < -0.3 is 215 Å². The molecule has 7 fully saturated rings. The third kappa shape index (κ3) is 20.1. The first-order valence-electron chi connectivity index (χ1n) is 30.5. The van der Waals surface area contributed by atoms with Gasteiger partial charge in [0.2, 0.25) is 5.91 Å². The Kier molecular flexibility index (Phi) is 30.9. The molecule has 0 bridgehead atoms. The zero-order chi connectivity index (χ0) is 73.3. The maximum Gasteiger partial charge on any atom is 0.218 e. The minimum atomic E-state index is -1.96. The van der Waals surface area contributed by atoms with Crippen LogP contribution in [0.3, 0.4) is 0 Å². The van der Waals surface area contributed by atoms with Crippen LogP contribution in [-0.4, -0.2) is 409 Å². The van der Waals surface area contributed by atoms with Gasteiger partial charge in [-0.3, -0.25) is 4.79 Å². The Morgan fingerprint density at radius 1 is 0.253 bits per heavy atom. The molecule has 568 valence electrons. The van der Waals surface area contributed by atoms with Gasteiger partial charge in [0.25, 0.3) is 0 Å². The zero-order valence-corrected chi connectivity index (χ0v) is 56.6. The average molecular weight is 1540 g/mol. The van der Waals surface area contributed by atoms with E-state index in [0.29, 0.717) is 0 Å². The Hall–Kier alpha value is -3.55. The van der Waals surface area contributed by atoms with Crippen LogP contribution < -0.4 is 69.1 Å². The smallest absolute Gasteiger partial charge is 0.218 e. The topological polar surface area (TPSA) is 683 Å². The Balaban J connectivity index is 1.05. The van der Waals surface area contributed by atoms with Crippen molar-refractivity contribution in [3.05, 3.63) is 0 Å². The molecule has 43 nitrogen and oxygen atoms in total. The second kappa shape index (κ2) is 36.9. The van der Waals surface area contributed by atoms with E-state index in [-0.39, 0.29) is 10.2 Å². The lowest BCUT2D eigenvalue weighted by Gasteiger charge is -2.46. The fraction of sp³-hybridized carbons (Fsp3) is 0.860. The van der Waals surface area contributed by atoms with Crippen molar-refractivity contribution in [2.24, 2.45) is 0 Å². The zero-order valence-electron chi connectivity index (χ0n) is 51.7. The number of rotatable bonds is 20. The monoisotopic (exact) mass is 1540 g/mol. The van der Waals surface area contributed by atoms with Crippen molar-refractivity contribution in [1.29, 1.82) is 0 Å². The van der Waals surface area contributed by atoms with Gasteiger partial charge in [0.05, 0.1) is 57.2 Å². The lowest BCUT2D eigenvalue weighted by molar-refractivity contribution is -0.232. The van der Waals surface area contributed by atoms with Crippen LogP contribution in [-0.2, 0) is 38.0 Å². The lowest BCUT2D eigenvalue weighted by Crippen LogP contribution is -2.73. The fourth-order valence-corrected chi connectivity index (χ4v) is 13.0. The van der Waals surface area contributed by atoms with Gasteiger partial charge in [-0.2, -0.15) is 0 Å². The van der Waals surface area contributed by atoms with Crippen LogP contribution in [0.2, 0.25) is 0 Å². The number of ether oxygens (including phenoxy) is 7. The Morgan fingerprint density at radius 2 is 0.444 bits per heavy atom. The van der Waals surface area contributed by atoms with Gasteiger partial charge in [-0.15, -0.1) is 0 Å². The summed E-state index contributed by atoms with van der Waals surface area (Å²) < 4.78 is 39.7. The summed E-state index contributed by atoms with van der Waals surface area (Å²) in [7, 11) is 0. The van der Waals surface area contributed by atoms with E-state index in [1.54, 1.807) is 0 Å². The third-order valence-corrected chi connectivity index (χ3v) is 18.6. The van der Waals surface area contributed by atoms with E-state index in [1.165, 1.54) is 0 Å². The van der Waals surface area contributed by atoms with E-state index in [2.05, 4.69) is 69.1 Å². The van der Waals surface area contributed by atoms with Gasteiger partial charge in [-0.25, -0.2) is 0 Å². The molecule has 99 heavy (non-hydrogen) atoms. The van der Waals surface area contributed by atoms with Gasteiger partial charge in [-0.05, 0) is 73.3 Å². The second-order valence-electron chi connectivity index (χ2n) is 23.9. The fourth-order valence-electron chi connectivity index (χ4n) is 11.6. The molecular formula is C50H87N13O30S6. The van der Waals surface area contributed by atoms with Gasteiger partial charge in [-0.1, -0.05) is 0 Å². The van der Waals surface area contributed by atoms with Gasteiger partial charge in [0.1, 0.15) is 146 Å². The molecule has 0 spiro atoms. The number of hydrogen-bond donors (Lipinski definition) is 35. The minimum Gasteiger partial charge on any atom is -0.394 e. The standard InChI is InChI=1S/C50H87N13O30S6/c1-9(69)53-38-28(77)19(23(72)12(4-64)89-38)56-48(97)60-39-29(78)17(21(70)10(87-39)2-51-45(94)58-42-35(84)32(81)25(74)14(6-66)91-42)54-47(96)62-41-31(80)20(24(73)13(5-65)90-41)57-49(98)61-40-30(79)18(55-50(99)63-44-37(86)34(83)27(76)16(8-68)93-44)22(71)11(88-40)3-52-46(95)59-43-36(85)33(82)26(75)15(7-67)92-43/h10-44,64-68,70-86H,2-8H2,1H3,(H,53,69)(H2,51,58,94)(H2,52,59,95)(H2,54,62,96)(H2,55,63,99)(H2,56,60,97)(H2,57,61,98)/t10?,11?,12?,13?,14?,15?,16?,17?,18?,19?,20?,21-,22-,23-,24-,25-,26-,27-,28?,29?,30?,31?,32?,33?,34?,35?,36?,37?,38-,39-,40-,41-,42-,43-,44-/m1/s1. The highest BCUT2D eigenvalue weighted by Crippen LogP contribution is 2.28. The maximum atomic E-state index is 11.9. The van der Waals surface area contributed by atoms with Gasteiger partial charge in [0, 0.05) is 20.0 Å². The van der Waals surface area contributed by atoms with E-state index >= 15 is 0 Å². The molecule has 0 saturated carbocycles. The molecule has 49 heteroatoms. The Labute approximate surface area is 593 Å². The number of carbonyl (C=O) groups excluding carboxylic acids is 1. The van der Waals surface area contributed by atoms with Crippen molar-refractivity contribution in [2.45, 2.75) is 221 Å². The third-order valence-electron chi connectivity index (χ3n) is 17.1. The van der Waals surface area contributed by atoms with Crippen molar-refractivity contribution < 1.29 is 150 Å². The van der Waals surface area contributed by atoms with Crippen molar-refractivity contribution in [2.75, 3.05) is 46.1 Å². The van der Waals surface area contributed by atoms with Crippen molar-refractivity contribution in [1.82, 2.24) is 69.1 Å². The highest BCUT2D eigenvalue weighted by atomic mass is 32.1. The first-order chi connectivity index (χ1) is 46.7. The van der Waals surface area contributed by atoms with Crippen molar-refractivity contribution >= 4 is 110 Å². The Morgan fingerprint density at radius 3 is 0.677 bits per heavy atom. The summed E-state index contributed by atoms with van der Waals surface area (Å²) in [4.78, 5) is 11.9. The van der Waals surface area contributed by atoms with Crippen molar-refractivity contribution in [3.8, 4) is 0 Å². The summed E-state index contributed by atoms with van der Waals surface area (Å²) >= 11 is 32.8. The summed E-state index contributed by atoms with van der Waals surface area (Å²) in [6.07, 6.45) is -52.0. The molecule has 0 aliphatic carbocycles. The van der Waals surface area contributed by atoms with Crippen LogP contribution >= 0.6 is 73.3 Å². The Bertz CT molecular complexity index is 2720. The van der Waals surface area contributed by atoms with Gasteiger partial charge in [0.15, 0.2) is 74.3 Å². The quantitative estimate of drug-likeness (QED) is 0.0503. The van der Waals surface area contributed by atoms with Crippen LogP contribution in [0.15, 0.2) is 0 Å². The summed E-state index contributed by atoms with van der Waals surface area (Å²) in [6, 6.07) is -6.42. The molecule has 35 atom stereocenters. The maximum absolute atomic E-state index is 11.9. The van der Waals surface area contributed by atoms with E-state index in [0.717, 1.165) is 6.92 Å². The molecular weight excluding hydrogens is 1460 g/mol. The number of hydrogen-bond acceptors (Lipinski definition) is 36. The van der Waals surface area contributed by atoms with Crippen LogP contribution in [0.4, 0.5) is 0 Å². The SMILES string of the molecule is CC(=O)N[C@@H]1OC(CO)[C@@H](O)C(NC(=S)N[C@@H]2OC(CNC(=S)N[C@@H]3OC(CO)[C@@H](O)C(O)C3O)[C@@H](O)C(NC(=S)N[C@@H]3OC(CO)[C@@H](O)C(NC(=S)N[C@@H]4OC(CNC(=S)N[C@@H]5OC(CO)[C@@H](O)C(O)C5O)[C@@H](O)C(NC(=S)N[C@@H]5OC(CO)[C@@H](O)C(O)C5O)C4O)C3O)C2O)C1O. The van der Waals surface area contributed by atoms with E-state index in [4.69, 9.17) is 106 Å². The average Bonchev–Trinajstić information content (AvgIpc) is 0.795. The normalized spacial score (nSPS) is 43.9. The minimum absolute atomic E-state index is 0.320. The molecule has 0 aromatic carbocycles. The number of nitrogens with one attached hydrogen (secondary N) is 13. The van der Waals surface area contributed by atoms with Gasteiger partial charge >= 0.3 is 0 Å². The molecule has 35 N–H and O–H groups in total. The van der Waals surface area contributed by atoms with E-state index in [1.807, 2.05) is 0 Å². The van der Waals surface area contributed by atoms with Crippen molar-refractivity contribution in [3.63, 3.8) is 0 Å². The highest BCUT2D eigenvalue weighted by Gasteiger charge is 2.53. The largest absolute Gasteiger partial charge is 0.394 e. The predicted octanol–water partition coefficient (Wildman–Crippen LogP) is -19.4. The number of aliphatic hydroxyl groups is 22. The number of carbonyl (C=O) groups is 1. The molecule has 21 unspecified atom stereocenters. The molecule has 7 aliphatic heterocycles.